The van der Waals surface area contributed by atoms with Crippen molar-refractivity contribution < 1.29 is 9.90 Å². The lowest BCUT2D eigenvalue weighted by Crippen LogP contribution is -1.98. The fourth-order valence-corrected chi connectivity index (χ4v) is 1.69. The topological polar surface area (TPSA) is 37.3 Å². The van der Waals surface area contributed by atoms with Gasteiger partial charge in [0, 0.05) is 5.57 Å². The number of rotatable bonds is 2. The van der Waals surface area contributed by atoms with Crippen molar-refractivity contribution in [1.82, 2.24) is 0 Å². The zero-order valence-electron chi connectivity index (χ0n) is 10.5. The summed E-state index contributed by atoms with van der Waals surface area (Å²) in [6.45, 7) is 9.87. The van der Waals surface area contributed by atoms with E-state index in [0.717, 1.165) is 11.1 Å². The average molecular weight is 218 g/mol. The Bertz CT molecular complexity index is 468. The van der Waals surface area contributed by atoms with Crippen molar-refractivity contribution >= 4 is 12.0 Å². The van der Waals surface area contributed by atoms with Gasteiger partial charge in [0.2, 0.25) is 0 Å². The maximum atomic E-state index is 10.8. The Morgan fingerprint density at radius 3 is 2.19 bits per heavy atom. The van der Waals surface area contributed by atoms with Gasteiger partial charge in [-0.25, -0.2) is 4.79 Å². The van der Waals surface area contributed by atoms with Crippen LogP contribution in [0.5, 0.6) is 0 Å². The van der Waals surface area contributed by atoms with Crippen LogP contribution < -0.4 is 0 Å². The molecule has 0 aromatic heterocycles. The van der Waals surface area contributed by atoms with Gasteiger partial charge in [0.25, 0.3) is 0 Å². The summed E-state index contributed by atoms with van der Waals surface area (Å²) in [7, 11) is 0. The smallest absolute Gasteiger partial charge is 0.331 e. The molecule has 0 saturated heterocycles. The number of carboxylic acid groups (broad SMARTS) is 1. The number of hydrogen-bond donors (Lipinski definition) is 1. The minimum Gasteiger partial charge on any atom is -0.478 e. The minimum atomic E-state index is -0.865. The molecule has 0 aliphatic carbocycles. The summed E-state index contributed by atoms with van der Waals surface area (Å²) in [5.41, 5.74) is 6.24. The van der Waals surface area contributed by atoms with E-state index in [4.69, 9.17) is 5.11 Å². The van der Waals surface area contributed by atoms with Crippen molar-refractivity contribution in [3.8, 4) is 0 Å². The van der Waals surface area contributed by atoms with Gasteiger partial charge in [0.05, 0.1) is 0 Å². The van der Waals surface area contributed by atoms with Crippen molar-refractivity contribution in [2.24, 2.45) is 0 Å². The van der Waals surface area contributed by atoms with Gasteiger partial charge >= 0.3 is 5.97 Å². The molecule has 1 aromatic carbocycles. The van der Waals surface area contributed by atoms with Crippen LogP contribution in [0.1, 0.15) is 34.7 Å². The van der Waals surface area contributed by atoms with E-state index in [0.29, 0.717) is 5.57 Å². The molecule has 16 heavy (non-hydrogen) atoms. The Hall–Kier alpha value is -1.57. The monoisotopic (exact) mass is 218 g/mol. The largest absolute Gasteiger partial charge is 0.478 e. The molecule has 0 aliphatic heterocycles. The van der Waals surface area contributed by atoms with Gasteiger partial charge in [0.15, 0.2) is 0 Å². The summed E-state index contributed by atoms with van der Waals surface area (Å²) in [6, 6.07) is 2.05. The molecule has 1 aromatic rings. The Labute approximate surface area is 96.6 Å². The third-order valence-corrected chi connectivity index (χ3v) is 3.23. The molecule has 0 bridgehead atoms. The predicted octanol–water partition coefficient (Wildman–Crippen LogP) is 3.41. The average Bonchev–Trinajstić information content (AvgIpc) is 2.22. The van der Waals surface area contributed by atoms with E-state index in [-0.39, 0.29) is 0 Å². The fraction of sp³-hybridized carbons (Fsp3) is 0.357. The second-order valence-electron chi connectivity index (χ2n) is 4.29. The summed E-state index contributed by atoms with van der Waals surface area (Å²) in [5.74, 6) is -0.865. The molecule has 0 radical (unpaired) electrons. The van der Waals surface area contributed by atoms with Crippen molar-refractivity contribution in [2.45, 2.75) is 34.6 Å². The van der Waals surface area contributed by atoms with Gasteiger partial charge in [-0.05, 0) is 68.5 Å². The molecule has 0 atom stereocenters. The van der Waals surface area contributed by atoms with Crippen LogP contribution in [0.15, 0.2) is 11.6 Å². The molecular weight excluding hydrogens is 200 g/mol. The Morgan fingerprint density at radius 1 is 1.12 bits per heavy atom. The molecule has 86 valence electrons. The van der Waals surface area contributed by atoms with E-state index >= 15 is 0 Å². The van der Waals surface area contributed by atoms with Crippen molar-refractivity contribution in [3.05, 3.63) is 39.5 Å². The predicted molar refractivity (Wildman–Crippen MR) is 66.7 cm³/mol. The Kier molecular flexibility index (Phi) is 3.53. The molecule has 0 amide bonds. The van der Waals surface area contributed by atoms with Crippen LogP contribution in [-0.4, -0.2) is 11.1 Å². The molecular formula is C14H18O2. The zero-order chi connectivity index (χ0) is 12.5. The first-order valence-corrected chi connectivity index (χ1v) is 5.33. The fourth-order valence-electron chi connectivity index (χ4n) is 1.69. The Morgan fingerprint density at radius 2 is 1.69 bits per heavy atom. The lowest BCUT2D eigenvalue weighted by molar-refractivity contribution is -0.132. The second kappa shape index (κ2) is 4.52. The summed E-state index contributed by atoms with van der Waals surface area (Å²) >= 11 is 0. The van der Waals surface area contributed by atoms with Gasteiger partial charge in [-0.15, -0.1) is 0 Å². The molecule has 0 unspecified atom stereocenters. The van der Waals surface area contributed by atoms with E-state index < -0.39 is 5.97 Å². The van der Waals surface area contributed by atoms with E-state index in [1.54, 1.807) is 13.0 Å². The van der Waals surface area contributed by atoms with E-state index in [9.17, 15) is 4.79 Å². The number of carboxylic acids is 1. The summed E-state index contributed by atoms with van der Waals surface area (Å²) in [5, 5.41) is 8.86. The second-order valence-corrected chi connectivity index (χ2v) is 4.29. The lowest BCUT2D eigenvalue weighted by Gasteiger charge is -2.12. The van der Waals surface area contributed by atoms with Gasteiger partial charge in [-0.2, -0.15) is 0 Å². The molecule has 0 fully saturated rings. The molecule has 1 N–H and O–H groups in total. The van der Waals surface area contributed by atoms with E-state index in [1.165, 1.54) is 16.7 Å². The van der Waals surface area contributed by atoms with Crippen LogP contribution in [0.25, 0.3) is 6.08 Å². The van der Waals surface area contributed by atoms with Crippen molar-refractivity contribution in [1.29, 1.82) is 0 Å². The standard InChI is InChI=1S/C14H18O2/c1-8-6-13(7-9(2)14(15)16)12(5)11(4)10(8)3/h6-7H,1-5H3,(H,15,16). The third kappa shape index (κ3) is 2.32. The van der Waals surface area contributed by atoms with Crippen LogP contribution in [0.2, 0.25) is 0 Å². The van der Waals surface area contributed by atoms with Gasteiger partial charge in [-0.3, -0.25) is 0 Å². The SMILES string of the molecule is CC(=Cc1cc(C)c(C)c(C)c1C)C(=O)O. The van der Waals surface area contributed by atoms with Crippen LogP contribution >= 0.6 is 0 Å². The molecule has 0 saturated carbocycles. The summed E-state index contributed by atoms with van der Waals surface area (Å²) in [4.78, 5) is 10.8. The first kappa shape index (κ1) is 12.5. The molecule has 0 heterocycles. The number of carbonyl (C=O) groups is 1. The molecule has 1 rings (SSSR count). The van der Waals surface area contributed by atoms with Crippen molar-refractivity contribution in [2.75, 3.05) is 0 Å². The number of aryl methyl sites for hydroxylation is 1. The van der Waals surface area contributed by atoms with Crippen molar-refractivity contribution in [3.63, 3.8) is 0 Å². The summed E-state index contributed by atoms with van der Waals surface area (Å²) in [6.07, 6.45) is 1.73. The van der Waals surface area contributed by atoms with Crippen LogP contribution in [-0.2, 0) is 4.79 Å². The highest BCUT2D eigenvalue weighted by Crippen LogP contribution is 2.23. The highest BCUT2D eigenvalue weighted by atomic mass is 16.4. The number of benzene rings is 1. The van der Waals surface area contributed by atoms with Crippen LogP contribution in [0, 0.1) is 27.7 Å². The van der Waals surface area contributed by atoms with Crippen LogP contribution in [0.4, 0.5) is 0 Å². The maximum absolute atomic E-state index is 10.8. The molecule has 0 spiro atoms. The van der Waals surface area contributed by atoms with Gasteiger partial charge in [-0.1, -0.05) is 6.07 Å². The molecule has 2 nitrogen and oxygen atoms in total. The van der Waals surface area contributed by atoms with E-state index in [1.807, 2.05) is 13.0 Å². The number of hydrogen-bond acceptors (Lipinski definition) is 1. The quantitative estimate of drug-likeness (QED) is 0.772. The molecule has 0 aliphatic rings. The van der Waals surface area contributed by atoms with Gasteiger partial charge in [0.1, 0.15) is 0 Å². The van der Waals surface area contributed by atoms with Crippen LogP contribution in [0.3, 0.4) is 0 Å². The first-order valence-electron chi connectivity index (χ1n) is 5.33. The minimum absolute atomic E-state index is 0.366. The number of aliphatic carboxylic acids is 1. The highest BCUT2D eigenvalue weighted by molar-refractivity contribution is 5.91. The van der Waals surface area contributed by atoms with E-state index in [2.05, 4.69) is 20.8 Å². The Balaban J connectivity index is 3.37. The normalized spacial score (nSPS) is 11.7. The lowest BCUT2D eigenvalue weighted by atomic mass is 9.94. The zero-order valence-corrected chi connectivity index (χ0v) is 10.5. The maximum Gasteiger partial charge on any atom is 0.331 e. The van der Waals surface area contributed by atoms with Gasteiger partial charge < -0.3 is 5.11 Å². The first-order chi connectivity index (χ1) is 7.34. The third-order valence-electron chi connectivity index (χ3n) is 3.23. The molecule has 2 heteroatoms. The summed E-state index contributed by atoms with van der Waals surface area (Å²) < 4.78 is 0. The highest BCUT2D eigenvalue weighted by Gasteiger charge is 2.07.